The Morgan fingerprint density at radius 1 is 1.28 bits per heavy atom. The zero-order chi connectivity index (χ0) is 17.5. The number of aryl methyl sites for hydroxylation is 1. The van der Waals surface area contributed by atoms with E-state index in [4.69, 9.17) is 11.6 Å². The van der Waals surface area contributed by atoms with Crippen LogP contribution >= 0.6 is 11.6 Å². The Labute approximate surface area is 149 Å². The average Bonchev–Trinajstić information content (AvgIpc) is 3.26. The lowest BCUT2D eigenvalue weighted by Gasteiger charge is -2.08. The molecule has 0 unspecified atom stereocenters. The van der Waals surface area contributed by atoms with Crippen molar-refractivity contribution in [2.45, 2.75) is 25.8 Å². The minimum absolute atomic E-state index is 0.0415. The summed E-state index contributed by atoms with van der Waals surface area (Å²) < 4.78 is 1.99. The largest absolute Gasteiger partial charge is 0.368 e. The molecule has 3 aromatic rings. The van der Waals surface area contributed by atoms with Gasteiger partial charge in [-0.3, -0.25) is 4.79 Å². The van der Waals surface area contributed by atoms with Crippen LogP contribution in [0, 0.1) is 0 Å². The van der Waals surface area contributed by atoms with Crippen LogP contribution in [0.4, 0.5) is 5.82 Å². The smallest absolute Gasteiger partial charge is 0.226 e. The molecule has 10 heteroatoms. The van der Waals surface area contributed by atoms with Gasteiger partial charge >= 0.3 is 0 Å². The van der Waals surface area contributed by atoms with E-state index < -0.39 is 0 Å². The van der Waals surface area contributed by atoms with E-state index in [1.165, 1.54) is 6.33 Å². The number of hydrogen-bond acceptors (Lipinski definition) is 6. The van der Waals surface area contributed by atoms with Gasteiger partial charge in [-0.15, -0.1) is 0 Å². The Hall–Kier alpha value is -2.68. The molecule has 0 radical (unpaired) electrons. The van der Waals surface area contributed by atoms with Gasteiger partial charge in [0.15, 0.2) is 11.5 Å². The lowest BCUT2D eigenvalue weighted by molar-refractivity contribution is -0.121. The normalized spacial score (nSPS) is 10.9. The third-order valence-corrected chi connectivity index (χ3v) is 3.77. The Bertz CT molecular complexity index is 816. The first-order valence-corrected chi connectivity index (χ1v) is 8.43. The number of imidazole rings is 2. The number of aromatic nitrogens is 6. The number of carbonyl (C=O) groups is 1. The molecule has 0 aromatic carbocycles. The molecule has 0 bridgehead atoms. The maximum atomic E-state index is 11.8. The average molecular weight is 363 g/mol. The first-order valence-electron chi connectivity index (χ1n) is 8.05. The SMILES string of the molecule is O=C(CCCNc1nc(Cl)nc2nc[nH]c12)NCCCn1ccnc1. The van der Waals surface area contributed by atoms with Crippen molar-refractivity contribution >= 4 is 34.5 Å². The summed E-state index contributed by atoms with van der Waals surface area (Å²) in [5, 5.41) is 6.21. The van der Waals surface area contributed by atoms with Crippen molar-refractivity contribution < 1.29 is 4.79 Å². The van der Waals surface area contributed by atoms with E-state index in [1.807, 2.05) is 10.8 Å². The van der Waals surface area contributed by atoms with Crippen LogP contribution in [0.5, 0.6) is 0 Å². The number of fused-ring (bicyclic) bond motifs is 1. The topological polar surface area (TPSA) is 113 Å². The summed E-state index contributed by atoms with van der Waals surface area (Å²) in [6.45, 7) is 2.10. The first-order chi connectivity index (χ1) is 12.2. The number of H-pyrrole nitrogens is 1. The standard InChI is InChI=1S/C15H19ClN8O/c16-15-22-13(12-14(23-15)21-9-20-12)19-4-1-3-11(25)18-5-2-7-24-8-6-17-10-24/h6,8-10H,1-5,7H2,(H,18,25)(H2,19,20,21,22,23). The second-order valence-electron chi connectivity index (χ2n) is 5.48. The maximum absolute atomic E-state index is 11.8. The van der Waals surface area contributed by atoms with Gasteiger partial charge < -0.3 is 20.2 Å². The van der Waals surface area contributed by atoms with Crippen molar-refractivity contribution in [1.82, 2.24) is 34.8 Å². The van der Waals surface area contributed by atoms with E-state index in [2.05, 4.69) is 35.6 Å². The van der Waals surface area contributed by atoms with Crippen LogP contribution in [0.15, 0.2) is 25.0 Å². The predicted octanol–water partition coefficient (Wildman–Crippen LogP) is 1.60. The first kappa shape index (κ1) is 17.2. The molecule has 3 N–H and O–H groups in total. The molecular formula is C15H19ClN8O. The third kappa shape index (κ3) is 4.90. The summed E-state index contributed by atoms with van der Waals surface area (Å²) >= 11 is 5.87. The van der Waals surface area contributed by atoms with E-state index in [9.17, 15) is 4.79 Å². The van der Waals surface area contributed by atoms with E-state index in [0.29, 0.717) is 42.9 Å². The van der Waals surface area contributed by atoms with Crippen molar-refractivity contribution in [2.24, 2.45) is 0 Å². The fourth-order valence-electron chi connectivity index (χ4n) is 2.39. The zero-order valence-electron chi connectivity index (χ0n) is 13.6. The molecule has 1 amide bonds. The van der Waals surface area contributed by atoms with Crippen LogP contribution in [-0.4, -0.2) is 48.5 Å². The van der Waals surface area contributed by atoms with Crippen molar-refractivity contribution in [3.05, 3.63) is 30.3 Å². The second-order valence-corrected chi connectivity index (χ2v) is 5.81. The highest BCUT2D eigenvalue weighted by Crippen LogP contribution is 2.18. The lowest BCUT2D eigenvalue weighted by atomic mass is 10.3. The Balaban J connectivity index is 1.33. The van der Waals surface area contributed by atoms with E-state index >= 15 is 0 Å². The van der Waals surface area contributed by atoms with Gasteiger partial charge in [-0.05, 0) is 24.4 Å². The summed E-state index contributed by atoms with van der Waals surface area (Å²) in [5.41, 5.74) is 1.21. The van der Waals surface area contributed by atoms with Gasteiger partial charge in [0, 0.05) is 38.4 Å². The molecule has 0 saturated carbocycles. The quantitative estimate of drug-likeness (QED) is 0.393. The number of nitrogens with zero attached hydrogens (tertiary/aromatic N) is 5. The monoisotopic (exact) mass is 362 g/mol. The molecule has 3 aromatic heterocycles. The number of halogens is 1. The Morgan fingerprint density at radius 2 is 2.20 bits per heavy atom. The third-order valence-electron chi connectivity index (χ3n) is 3.61. The lowest BCUT2D eigenvalue weighted by Crippen LogP contribution is -2.25. The number of anilines is 1. The molecule has 0 spiro atoms. The van der Waals surface area contributed by atoms with Gasteiger partial charge in [0.1, 0.15) is 5.52 Å². The molecule has 0 fully saturated rings. The van der Waals surface area contributed by atoms with Crippen LogP contribution in [0.1, 0.15) is 19.3 Å². The van der Waals surface area contributed by atoms with Crippen molar-refractivity contribution in [2.75, 3.05) is 18.4 Å². The van der Waals surface area contributed by atoms with Crippen LogP contribution in [-0.2, 0) is 11.3 Å². The number of carbonyl (C=O) groups excluding carboxylic acids is 1. The second kappa shape index (κ2) is 8.43. The number of nitrogens with one attached hydrogen (secondary N) is 3. The molecule has 0 saturated heterocycles. The van der Waals surface area contributed by atoms with E-state index in [0.717, 1.165) is 13.0 Å². The number of aromatic amines is 1. The van der Waals surface area contributed by atoms with E-state index in [1.54, 1.807) is 12.5 Å². The van der Waals surface area contributed by atoms with Gasteiger partial charge in [0.25, 0.3) is 0 Å². The predicted molar refractivity (Wildman–Crippen MR) is 94.3 cm³/mol. The summed E-state index contributed by atoms with van der Waals surface area (Å²) in [5.74, 6) is 0.632. The van der Waals surface area contributed by atoms with Crippen molar-refractivity contribution in [3.63, 3.8) is 0 Å². The number of amides is 1. The van der Waals surface area contributed by atoms with Crippen LogP contribution in [0.3, 0.4) is 0 Å². The summed E-state index contributed by atoms with van der Waals surface area (Å²) in [7, 11) is 0. The molecule has 0 aliphatic carbocycles. The Morgan fingerprint density at radius 3 is 3.04 bits per heavy atom. The summed E-state index contributed by atoms with van der Waals surface area (Å²) in [6.07, 6.45) is 8.96. The highest BCUT2D eigenvalue weighted by Gasteiger charge is 2.08. The maximum Gasteiger partial charge on any atom is 0.226 e. The fraction of sp³-hybridized carbons (Fsp3) is 0.400. The zero-order valence-corrected chi connectivity index (χ0v) is 14.3. The van der Waals surface area contributed by atoms with E-state index in [-0.39, 0.29) is 11.2 Å². The van der Waals surface area contributed by atoms with Gasteiger partial charge in [-0.1, -0.05) is 0 Å². The van der Waals surface area contributed by atoms with Gasteiger partial charge in [-0.2, -0.15) is 9.97 Å². The van der Waals surface area contributed by atoms with Crippen LogP contribution in [0.2, 0.25) is 5.28 Å². The molecule has 3 heterocycles. The van der Waals surface area contributed by atoms with Crippen molar-refractivity contribution in [1.29, 1.82) is 0 Å². The molecule has 25 heavy (non-hydrogen) atoms. The molecule has 3 rings (SSSR count). The van der Waals surface area contributed by atoms with Crippen LogP contribution in [0.25, 0.3) is 11.2 Å². The molecule has 0 atom stereocenters. The van der Waals surface area contributed by atoms with Crippen molar-refractivity contribution in [3.8, 4) is 0 Å². The van der Waals surface area contributed by atoms with Gasteiger partial charge in [0.2, 0.25) is 11.2 Å². The molecule has 0 aliphatic rings. The molecule has 0 aliphatic heterocycles. The number of hydrogen-bond donors (Lipinski definition) is 3. The Kier molecular flexibility index (Phi) is 5.78. The van der Waals surface area contributed by atoms with Crippen LogP contribution < -0.4 is 10.6 Å². The van der Waals surface area contributed by atoms with Gasteiger partial charge in [-0.25, -0.2) is 9.97 Å². The molecule has 9 nitrogen and oxygen atoms in total. The molecular weight excluding hydrogens is 344 g/mol. The summed E-state index contributed by atoms with van der Waals surface area (Å²) in [6, 6.07) is 0. The minimum Gasteiger partial charge on any atom is -0.368 e. The summed E-state index contributed by atoms with van der Waals surface area (Å²) in [4.78, 5) is 31.0. The fourth-order valence-corrected chi connectivity index (χ4v) is 2.55. The number of rotatable bonds is 9. The highest BCUT2D eigenvalue weighted by atomic mass is 35.5. The molecule has 132 valence electrons. The minimum atomic E-state index is 0.0415. The van der Waals surface area contributed by atoms with Gasteiger partial charge in [0.05, 0.1) is 12.7 Å². The highest BCUT2D eigenvalue weighted by molar-refractivity contribution is 6.28.